The van der Waals surface area contributed by atoms with Crippen molar-refractivity contribution in [2.24, 2.45) is 0 Å². The van der Waals surface area contributed by atoms with Gasteiger partial charge in [0.05, 0.1) is 5.56 Å². The molecule has 2 saturated heterocycles. The number of alkyl halides is 3. The lowest BCUT2D eigenvalue weighted by Gasteiger charge is -2.36. The third-order valence-electron chi connectivity index (χ3n) is 6.48. The zero-order valence-corrected chi connectivity index (χ0v) is 19.1. The average molecular weight is 456 g/mol. The van der Waals surface area contributed by atoms with E-state index < -0.39 is 11.7 Å². The number of nitrogens with zero attached hydrogens (tertiary/aromatic N) is 3. The highest BCUT2D eigenvalue weighted by molar-refractivity contribution is 5.49. The van der Waals surface area contributed by atoms with Crippen LogP contribution in [0.1, 0.15) is 42.4 Å². The molecule has 0 unspecified atom stereocenters. The van der Waals surface area contributed by atoms with E-state index in [0.717, 1.165) is 57.3 Å². The Kier molecular flexibility index (Phi) is 7.95. The van der Waals surface area contributed by atoms with E-state index in [4.69, 9.17) is 0 Å². The smallest absolute Gasteiger partial charge is 0.369 e. The zero-order valence-electron chi connectivity index (χ0n) is 19.1. The maximum Gasteiger partial charge on any atom is 0.416 e. The van der Waals surface area contributed by atoms with Gasteiger partial charge in [-0.3, -0.25) is 4.90 Å². The molecule has 2 aliphatic heterocycles. The predicted molar refractivity (Wildman–Crippen MR) is 127 cm³/mol. The van der Waals surface area contributed by atoms with Crippen molar-refractivity contribution in [1.29, 1.82) is 0 Å². The van der Waals surface area contributed by atoms with Gasteiger partial charge in [0.2, 0.25) is 0 Å². The summed E-state index contributed by atoms with van der Waals surface area (Å²) in [5.74, 6) is 6.64. The molecule has 2 aliphatic rings. The van der Waals surface area contributed by atoms with Crippen LogP contribution in [-0.4, -0.2) is 55.6 Å². The number of anilines is 1. The minimum atomic E-state index is -4.31. The van der Waals surface area contributed by atoms with Gasteiger partial charge >= 0.3 is 6.18 Å². The third kappa shape index (κ3) is 6.99. The molecule has 0 atom stereocenters. The highest BCUT2D eigenvalue weighted by atomic mass is 19.4. The van der Waals surface area contributed by atoms with E-state index in [0.29, 0.717) is 5.69 Å². The summed E-state index contributed by atoms with van der Waals surface area (Å²) in [4.78, 5) is 6.90. The molecule has 0 aliphatic carbocycles. The molecule has 33 heavy (non-hydrogen) atoms. The fraction of sp³-hybridized carbons (Fsp3) is 0.481. The molecule has 176 valence electrons. The summed E-state index contributed by atoms with van der Waals surface area (Å²) in [6.45, 7) is 7.39. The SMILES string of the molecule is FC(F)(F)c1cccc(N2CCN(Cc3cccc(C#CCCN4CCCCC4)c3)CC2)c1. The van der Waals surface area contributed by atoms with E-state index in [9.17, 15) is 13.2 Å². The number of benzene rings is 2. The van der Waals surface area contributed by atoms with Crippen molar-refractivity contribution in [3.63, 3.8) is 0 Å². The maximum absolute atomic E-state index is 13.0. The van der Waals surface area contributed by atoms with Crippen LogP contribution in [0.15, 0.2) is 48.5 Å². The fourth-order valence-electron chi connectivity index (χ4n) is 4.61. The molecule has 0 saturated carbocycles. The molecule has 2 aromatic carbocycles. The second kappa shape index (κ2) is 11.1. The minimum Gasteiger partial charge on any atom is -0.369 e. The summed E-state index contributed by atoms with van der Waals surface area (Å²) < 4.78 is 39.1. The highest BCUT2D eigenvalue weighted by Crippen LogP contribution is 2.32. The molecule has 0 radical (unpaired) electrons. The van der Waals surface area contributed by atoms with Crippen LogP contribution in [0.4, 0.5) is 18.9 Å². The number of hydrogen-bond donors (Lipinski definition) is 0. The van der Waals surface area contributed by atoms with Gasteiger partial charge in [0.25, 0.3) is 0 Å². The van der Waals surface area contributed by atoms with Crippen LogP contribution in [-0.2, 0) is 12.7 Å². The van der Waals surface area contributed by atoms with Crippen LogP contribution in [0.2, 0.25) is 0 Å². The minimum absolute atomic E-state index is 0.587. The van der Waals surface area contributed by atoms with Gasteiger partial charge in [0.15, 0.2) is 0 Å². The van der Waals surface area contributed by atoms with Crippen molar-refractivity contribution in [3.05, 3.63) is 65.2 Å². The van der Waals surface area contributed by atoms with Crippen molar-refractivity contribution in [1.82, 2.24) is 9.80 Å². The second-order valence-corrected chi connectivity index (χ2v) is 8.97. The third-order valence-corrected chi connectivity index (χ3v) is 6.48. The maximum atomic E-state index is 13.0. The van der Waals surface area contributed by atoms with Crippen LogP contribution in [0.5, 0.6) is 0 Å². The Balaban J connectivity index is 1.26. The quantitative estimate of drug-likeness (QED) is 0.570. The summed E-state index contributed by atoms with van der Waals surface area (Å²) in [6.07, 6.45) is 0.573. The first kappa shape index (κ1) is 23.7. The van der Waals surface area contributed by atoms with E-state index in [1.807, 2.05) is 4.90 Å². The molecule has 2 heterocycles. The first-order valence-corrected chi connectivity index (χ1v) is 11.9. The van der Waals surface area contributed by atoms with Gasteiger partial charge in [-0.15, -0.1) is 0 Å². The topological polar surface area (TPSA) is 9.72 Å². The normalized spacial score (nSPS) is 18.1. The summed E-state index contributed by atoms with van der Waals surface area (Å²) >= 11 is 0. The molecule has 0 amide bonds. The Morgan fingerprint density at radius 3 is 2.30 bits per heavy atom. The Hall–Kier alpha value is -2.49. The number of rotatable bonds is 5. The number of piperazine rings is 1. The molecule has 0 spiro atoms. The van der Waals surface area contributed by atoms with Gasteiger partial charge in [-0.2, -0.15) is 13.2 Å². The Morgan fingerprint density at radius 1 is 0.788 bits per heavy atom. The predicted octanol–water partition coefficient (Wildman–Crippen LogP) is 5.26. The highest BCUT2D eigenvalue weighted by Gasteiger charge is 2.31. The van der Waals surface area contributed by atoms with E-state index in [1.165, 1.54) is 50.0 Å². The molecule has 0 bridgehead atoms. The standard InChI is InChI=1S/C27H32F3N3/c28-27(29,30)25-11-7-12-26(21-25)33-18-16-32(17-19-33)22-24-10-6-9-23(20-24)8-2-5-15-31-13-3-1-4-14-31/h6-7,9-12,20-21H,1,3-5,13-19,22H2. The first-order chi connectivity index (χ1) is 16.0. The van der Waals surface area contributed by atoms with Crippen molar-refractivity contribution >= 4 is 5.69 Å². The first-order valence-electron chi connectivity index (χ1n) is 11.9. The van der Waals surface area contributed by atoms with Crippen LogP contribution in [0.25, 0.3) is 0 Å². The molecule has 0 aromatic heterocycles. The van der Waals surface area contributed by atoms with Gasteiger partial charge in [-0.1, -0.05) is 36.5 Å². The van der Waals surface area contributed by atoms with Crippen molar-refractivity contribution in [2.45, 2.75) is 38.4 Å². The van der Waals surface area contributed by atoms with Crippen LogP contribution in [0.3, 0.4) is 0 Å². The molecule has 3 nitrogen and oxygen atoms in total. The summed E-state index contributed by atoms with van der Waals surface area (Å²) in [7, 11) is 0. The Morgan fingerprint density at radius 2 is 1.55 bits per heavy atom. The van der Waals surface area contributed by atoms with Crippen molar-refractivity contribution in [3.8, 4) is 11.8 Å². The molecule has 6 heteroatoms. The fourth-order valence-corrected chi connectivity index (χ4v) is 4.61. The molecule has 2 fully saturated rings. The number of likely N-dealkylation sites (tertiary alicyclic amines) is 1. The van der Waals surface area contributed by atoms with Gasteiger partial charge in [-0.25, -0.2) is 0 Å². The van der Waals surface area contributed by atoms with Gasteiger partial charge in [0.1, 0.15) is 0 Å². The van der Waals surface area contributed by atoms with Crippen LogP contribution in [0, 0.1) is 11.8 Å². The number of piperidine rings is 1. The lowest BCUT2D eigenvalue weighted by atomic mass is 10.1. The van der Waals surface area contributed by atoms with E-state index in [2.05, 4.69) is 45.9 Å². The van der Waals surface area contributed by atoms with E-state index >= 15 is 0 Å². The number of halogens is 3. The molecule has 2 aromatic rings. The van der Waals surface area contributed by atoms with Crippen molar-refractivity contribution < 1.29 is 13.2 Å². The zero-order chi connectivity index (χ0) is 23.1. The second-order valence-electron chi connectivity index (χ2n) is 8.97. The lowest BCUT2D eigenvalue weighted by Crippen LogP contribution is -2.46. The van der Waals surface area contributed by atoms with Crippen LogP contribution < -0.4 is 4.90 Å². The van der Waals surface area contributed by atoms with Crippen LogP contribution >= 0.6 is 0 Å². The Labute approximate surface area is 195 Å². The number of hydrogen-bond acceptors (Lipinski definition) is 3. The Bertz CT molecular complexity index is 962. The van der Waals surface area contributed by atoms with Gasteiger partial charge < -0.3 is 9.80 Å². The van der Waals surface area contributed by atoms with Gasteiger partial charge in [-0.05, 0) is 61.8 Å². The average Bonchev–Trinajstić information content (AvgIpc) is 2.83. The van der Waals surface area contributed by atoms with E-state index in [-0.39, 0.29) is 0 Å². The summed E-state index contributed by atoms with van der Waals surface area (Å²) in [5, 5.41) is 0. The molecular formula is C27H32F3N3. The lowest BCUT2D eigenvalue weighted by molar-refractivity contribution is -0.137. The van der Waals surface area contributed by atoms with E-state index in [1.54, 1.807) is 6.07 Å². The summed E-state index contributed by atoms with van der Waals surface area (Å²) in [5.41, 5.74) is 2.33. The molecular weight excluding hydrogens is 423 g/mol. The van der Waals surface area contributed by atoms with Crippen molar-refractivity contribution in [2.75, 3.05) is 50.7 Å². The summed E-state index contributed by atoms with van der Waals surface area (Å²) in [6, 6.07) is 14.0. The largest absolute Gasteiger partial charge is 0.416 e. The van der Waals surface area contributed by atoms with Gasteiger partial charge in [0, 0.05) is 56.9 Å². The molecule has 0 N–H and O–H groups in total. The molecule has 4 rings (SSSR count). The monoisotopic (exact) mass is 455 g/mol.